The molecule has 0 aliphatic carbocycles. The van der Waals surface area contributed by atoms with Crippen LogP contribution in [-0.2, 0) is 14.9 Å². The van der Waals surface area contributed by atoms with Gasteiger partial charge in [0.1, 0.15) is 0 Å². The van der Waals surface area contributed by atoms with Gasteiger partial charge in [0, 0.05) is 4.47 Å². The monoisotopic (exact) mass is 270 g/mol. The molecular weight excluding hydrogens is 260 g/mol. The minimum atomic E-state index is -0.777. The molecule has 2 rings (SSSR count). The third-order valence-corrected chi connectivity index (χ3v) is 3.23. The van der Waals surface area contributed by atoms with Gasteiger partial charge in [-0.1, -0.05) is 28.1 Å². The lowest BCUT2D eigenvalue weighted by molar-refractivity contribution is -0.145. The summed E-state index contributed by atoms with van der Waals surface area (Å²) in [7, 11) is 0. The standard InChI is InChI=1S/C11H11BrO3/c12-9-3-1-8(2-4-9)11(5-10(13)14)6-15-7-11/h1-4H,5-7H2,(H,13,14). The first kappa shape index (κ1) is 10.6. The Hall–Kier alpha value is -0.870. The molecule has 1 aromatic rings. The normalized spacial score (nSPS) is 18.2. The van der Waals surface area contributed by atoms with Crippen molar-refractivity contribution in [2.24, 2.45) is 0 Å². The summed E-state index contributed by atoms with van der Waals surface area (Å²) in [6, 6.07) is 7.76. The maximum Gasteiger partial charge on any atom is 0.304 e. The molecule has 0 atom stereocenters. The molecule has 80 valence electrons. The summed E-state index contributed by atoms with van der Waals surface area (Å²) in [6.07, 6.45) is 0.134. The van der Waals surface area contributed by atoms with Crippen molar-refractivity contribution >= 4 is 21.9 Å². The lowest BCUT2D eigenvalue weighted by Gasteiger charge is -2.40. The fraction of sp³-hybridized carbons (Fsp3) is 0.364. The highest BCUT2D eigenvalue weighted by atomic mass is 79.9. The molecule has 0 unspecified atom stereocenters. The first-order valence-electron chi connectivity index (χ1n) is 4.68. The van der Waals surface area contributed by atoms with Gasteiger partial charge in [0.25, 0.3) is 0 Å². The van der Waals surface area contributed by atoms with Gasteiger partial charge in [-0.15, -0.1) is 0 Å². The van der Waals surface area contributed by atoms with Crippen LogP contribution in [0, 0.1) is 0 Å². The molecule has 0 bridgehead atoms. The molecule has 4 heteroatoms. The first-order chi connectivity index (χ1) is 7.12. The Morgan fingerprint density at radius 2 is 2.00 bits per heavy atom. The van der Waals surface area contributed by atoms with E-state index in [1.165, 1.54) is 0 Å². The van der Waals surface area contributed by atoms with E-state index in [2.05, 4.69) is 15.9 Å². The fourth-order valence-electron chi connectivity index (χ4n) is 1.81. The summed E-state index contributed by atoms with van der Waals surface area (Å²) >= 11 is 3.36. The van der Waals surface area contributed by atoms with Crippen LogP contribution < -0.4 is 0 Å². The Balaban J connectivity index is 2.26. The summed E-state index contributed by atoms with van der Waals surface area (Å²) < 4.78 is 6.15. The van der Waals surface area contributed by atoms with Gasteiger partial charge in [0.15, 0.2) is 0 Å². The highest BCUT2D eigenvalue weighted by molar-refractivity contribution is 9.10. The Labute approximate surface area is 96.2 Å². The van der Waals surface area contributed by atoms with E-state index in [-0.39, 0.29) is 11.8 Å². The zero-order valence-corrected chi connectivity index (χ0v) is 9.66. The molecule has 0 amide bonds. The average Bonchev–Trinajstić information content (AvgIpc) is 2.13. The minimum absolute atomic E-state index is 0.134. The van der Waals surface area contributed by atoms with Crippen LogP contribution >= 0.6 is 15.9 Å². The number of ether oxygens (including phenoxy) is 1. The molecule has 0 aromatic heterocycles. The maximum atomic E-state index is 10.8. The van der Waals surface area contributed by atoms with Crippen LogP contribution in [0.1, 0.15) is 12.0 Å². The quantitative estimate of drug-likeness (QED) is 0.916. The van der Waals surface area contributed by atoms with E-state index in [1.807, 2.05) is 24.3 Å². The molecule has 15 heavy (non-hydrogen) atoms. The summed E-state index contributed by atoms with van der Waals surface area (Å²) in [6.45, 7) is 1.00. The molecule has 3 nitrogen and oxygen atoms in total. The first-order valence-corrected chi connectivity index (χ1v) is 5.47. The molecule has 0 saturated carbocycles. The van der Waals surface area contributed by atoms with E-state index in [0.717, 1.165) is 10.0 Å². The molecule has 1 aliphatic rings. The number of rotatable bonds is 3. The molecule has 1 aromatic carbocycles. The van der Waals surface area contributed by atoms with Crippen LogP contribution in [0.3, 0.4) is 0 Å². The van der Waals surface area contributed by atoms with Gasteiger partial charge in [0.05, 0.1) is 25.0 Å². The van der Waals surface area contributed by atoms with Crippen LogP contribution in [0.2, 0.25) is 0 Å². The number of carboxylic acids is 1. The molecule has 1 fully saturated rings. The van der Waals surface area contributed by atoms with Gasteiger partial charge < -0.3 is 9.84 Å². The Kier molecular flexibility index (Phi) is 2.80. The predicted octanol–water partition coefficient (Wildman–Crippen LogP) is 2.19. The Bertz CT molecular complexity index is 368. The van der Waals surface area contributed by atoms with E-state index in [0.29, 0.717) is 13.2 Å². The van der Waals surface area contributed by atoms with Crippen LogP contribution in [0.5, 0.6) is 0 Å². The molecule has 1 saturated heterocycles. The topological polar surface area (TPSA) is 46.5 Å². The third-order valence-electron chi connectivity index (χ3n) is 2.70. The van der Waals surface area contributed by atoms with Crippen molar-refractivity contribution in [3.63, 3.8) is 0 Å². The summed E-state index contributed by atoms with van der Waals surface area (Å²) in [5.41, 5.74) is 0.728. The zero-order valence-electron chi connectivity index (χ0n) is 8.07. The van der Waals surface area contributed by atoms with E-state index in [1.54, 1.807) is 0 Å². The number of carbonyl (C=O) groups is 1. The van der Waals surface area contributed by atoms with Crippen molar-refractivity contribution in [2.75, 3.05) is 13.2 Å². The minimum Gasteiger partial charge on any atom is -0.481 e. The van der Waals surface area contributed by atoms with E-state index < -0.39 is 5.97 Å². The largest absolute Gasteiger partial charge is 0.481 e. The van der Waals surface area contributed by atoms with Crippen LogP contribution in [0.4, 0.5) is 0 Å². The Morgan fingerprint density at radius 1 is 1.40 bits per heavy atom. The van der Waals surface area contributed by atoms with Crippen molar-refractivity contribution < 1.29 is 14.6 Å². The lowest BCUT2D eigenvalue weighted by Crippen LogP contribution is -2.48. The second kappa shape index (κ2) is 3.94. The molecule has 1 heterocycles. The summed E-state index contributed by atoms with van der Waals surface area (Å²) in [4.78, 5) is 10.8. The molecule has 1 aliphatic heterocycles. The molecule has 0 radical (unpaired) electrons. The number of benzene rings is 1. The van der Waals surface area contributed by atoms with Crippen molar-refractivity contribution in [1.82, 2.24) is 0 Å². The fourth-order valence-corrected chi connectivity index (χ4v) is 2.08. The smallest absolute Gasteiger partial charge is 0.304 e. The second-order valence-corrected chi connectivity index (χ2v) is 4.77. The van der Waals surface area contributed by atoms with Crippen molar-refractivity contribution in [2.45, 2.75) is 11.8 Å². The number of carboxylic acid groups (broad SMARTS) is 1. The van der Waals surface area contributed by atoms with Gasteiger partial charge in [-0.05, 0) is 17.7 Å². The van der Waals surface area contributed by atoms with Crippen molar-refractivity contribution in [3.8, 4) is 0 Å². The SMILES string of the molecule is O=C(O)CC1(c2ccc(Br)cc2)COC1. The third kappa shape index (κ3) is 2.06. The van der Waals surface area contributed by atoms with Gasteiger partial charge >= 0.3 is 5.97 Å². The number of halogens is 1. The van der Waals surface area contributed by atoms with Crippen molar-refractivity contribution in [1.29, 1.82) is 0 Å². The lowest BCUT2D eigenvalue weighted by atomic mass is 9.76. The highest BCUT2D eigenvalue weighted by Crippen LogP contribution is 2.36. The Morgan fingerprint density at radius 3 is 2.40 bits per heavy atom. The van der Waals surface area contributed by atoms with E-state index in [4.69, 9.17) is 9.84 Å². The van der Waals surface area contributed by atoms with Gasteiger partial charge in [-0.2, -0.15) is 0 Å². The maximum absolute atomic E-state index is 10.8. The van der Waals surface area contributed by atoms with Gasteiger partial charge in [-0.3, -0.25) is 4.79 Å². The number of hydrogen-bond donors (Lipinski definition) is 1. The van der Waals surface area contributed by atoms with Crippen LogP contribution in [0.25, 0.3) is 0 Å². The molecule has 0 spiro atoms. The predicted molar refractivity (Wildman–Crippen MR) is 58.9 cm³/mol. The molecular formula is C11H11BrO3. The van der Waals surface area contributed by atoms with Crippen LogP contribution in [-0.4, -0.2) is 24.3 Å². The number of aliphatic carboxylic acids is 1. The molecule has 1 N–H and O–H groups in total. The highest BCUT2D eigenvalue weighted by Gasteiger charge is 2.42. The summed E-state index contributed by atoms with van der Waals surface area (Å²) in [5, 5.41) is 8.87. The summed E-state index contributed by atoms with van der Waals surface area (Å²) in [5.74, 6) is -0.777. The van der Waals surface area contributed by atoms with E-state index >= 15 is 0 Å². The van der Waals surface area contributed by atoms with Gasteiger partial charge in [-0.25, -0.2) is 0 Å². The van der Waals surface area contributed by atoms with Crippen molar-refractivity contribution in [3.05, 3.63) is 34.3 Å². The average molecular weight is 271 g/mol. The number of hydrogen-bond acceptors (Lipinski definition) is 2. The van der Waals surface area contributed by atoms with E-state index in [9.17, 15) is 4.79 Å². The second-order valence-electron chi connectivity index (χ2n) is 3.85. The van der Waals surface area contributed by atoms with Crippen LogP contribution in [0.15, 0.2) is 28.7 Å². The van der Waals surface area contributed by atoms with Gasteiger partial charge in [0.2, 0.25) is 0 Å². The zero-order chi connectivity index (χ0) is 10.9.